The number of nitriles is 1. The van der Waals surface area contributed by atoms with Crippen molar-refractivity contribution in [3.8, 4) is 6.07 Å². The molecular weight excluding hydrogens is 258 g/mol. The maximum atomic E-state index is 12.2. The first-order chi connectivity index (χ1) is 9.22. The lowest BCUT2D eigenvalue weighted by Gasteiger charge is -2.12. The number of thiazole rings is 1. The number of benzene rings is 1. The van der Waals surface area contributed by atoms with Gasteiger partial charge in [0, 0.05) is 18.6 Å². The second kappa shape index (κ2) is 5.94. The van der Waals surface area contributed by atoms with Crippen LogP contribution in [-0.2, 0) is 4.79 Å². The minimum atomic E-state index is -0.360. The predicted octanol–water partition coefficient (Wildman–Crippen LogP) is 2.71. The fourth-order valence-corrected chi connectivity index (χ4v) is 2.11. The third kappa shape index (κ3) is 3.06. The number of amides is 1. The number of aromatic nitrogens is 1. The summed E-state index contributed by atoms with van der Waals surface area (Å²) >= 11 is 1.35. The fourth-order valence-electron chi connectivity index (χ4n) is 1.51. The number of hydrogen-bond donors (Lipinski definition) is 0. The van der Waals surface area contributed by atoms with Crippen LogP contribution in [0.2, 0.25) is 0 Å². The molecule has 4 nitrogen and oxygen atoms in total. The van der Waals surface area contributed by atoms with Crippen LogP contribution >= 0.6 is 11.3 Å². The van der Waals surface area contributed by atoms with Gasteiger partial charge in [0.1, 0.15) is 11.6 Å². The van der Waals surface area contributed by atoms with Crippen LogP contribution in [-0.4, -0.2) is 17.9 Å². The Balaban J connectivity index is 2.26. The SMILES string of the molecule is CN(C(=O)/C(C#N)=C/c1ccccc1)c1nccs1. The van der Waals surface area contributed by atoms with Gasteiger partial charge in [-0.3, -0.25) is 9.69 Å². The topological polar surface area (TPSA) is 57.0 Å². The minimum Gasteiger partial charge on any atom is -0.287 e. The zero-order valence-corrected chi connectivity index (χ0v) is 11.1. The van der Waals surface area contributed by atoms with E-state index in [-0.39, 0.29) is 11.5 Å². The Hall–Kier alpha value is -2.45. The standard InChI is InChI=1S/C14H11N3OS/c1-17(14-16-7-8-19-14)13(18)12(10-15)9-11-5-3-2-4-6-11/h2-9H,1H3/b12-9+. The maximum Gasteiger partial charge on any atom is 0.270 e. The largest absolute Gasteiger partial charge is 0.287 e. The van der Waals surface area contributed by atoms with E-state index in [0.29, 0.717) is 5.13 Å². The average Bonchev–Trinajstić information content (AvgIpc) is 2.98. The molecule has 1 amide bonds. The van der Waals surface area contributed by atoms with E-state index in [1.165, 1.54) is 16.2 Å². The van der Waals surface area contributed by atoms with E-state index in [2.05, 4.69) is 4.98 Å². The van der Waals surface area contributed by atoms with Gasteiger partial charge in [-0.05, 0) is 11.6 Å². The zero-order valence-electron chi connectivity index (χ0n) is 10.3. The van der Waals surface area contributed by atoms with Gasteiger partial charge in [-0.2, -0.15) is 5.26 Å². The first-order valence-electron chi connectivity index (χ1n) is 5.57. The number of rotatable bonds is 3. The molecule has 1 aromatic heterocycles. The molecule has 2 aromatic rings. The molecule has 1 heterocycles. The highest BCUT2D eigenvalue weighted by atomic mass is 32.1. The summed E-state index contributed by atoms with van der Waals surface area (Å²) in [5.74, 6) is -0.360. The van der Waals surface area contributed by atoms with Gasteiger partial charge in [-0.1, -0.05) is 30.3 Å². The van der Waals surface area contributed by atoms with Crippen molar-refractivity contribution in [3.63, 3.8) is 0 Å². The Labute approximate surface area is 115 Å². The summed E-state index contributed by atoms with van der Waals surface area (Å²) in [6.07, 6.45) is 3.20. The lowest BCUT2D eigenvalue weighted by atomic mass is 10.1. The Bertz CT molecular complexity index is 626. The van der Waals surface area contributed by atoms with Crippen molar-refractivity contribution in [2.45, 2.75) is 0 Å². The third-order valence-corrected chi connectivity index (χ3v) is 3.32. The second-order valence-corrected chi connectivity index (χ2v) is 4.63. The highest BCUT2D eigenvalue weighted by molar-refractivity contribution is 7.13. The number of carbonyl (C=O) groups is 1. The monoisotopic (exact) mass is 269 g/mol. The third-order valence-electron chi connectivity index (χ3n) is 2.47. The lowest BCUT2D eigenvalue weighted by molar-refractivity contribution is -0.114. The van der Waals surface area contributed by atoms with Crippen molar-refractivity contribution in [2.75, 3.05) is 11.9 Å². The van der Waals surface area contributed by atoms with Gasteiger partial charge < -0.3 is 0 Å². The molecule has 0 saturated carbocycles. The number of likely N-dealkylation sites (N-methyl/N-ethyl adjacent to an activating group) is 1. The number of hydrogen-bond acceptors (Lipinski definition) is 4. The van der Waals surface area contributed by atoms with Gasteiger partial charge in [0.05, 0.1) is 0 Å². The van der Waals surface area contributed by atoms with Gasteiger partial charge in [-0.25, -0.2) is 4.98 Å². The summed E-state index contributed by atoms with van der Waals surface area (Å²) in [5.41, 5.74) is 0.906. The Morgan fingerprint density at radius 2 is 2.16 bits per heavy atom. The highest BCUT2D eigenvalue weighted by Crippen LogP contribution is 2.18. The number of carbonyl (C=O) groups excluding carboxylic acids is 1. The molecule has 0 atom stereocenters. The Morgan fingerprint density at radius 1 is 1.42 bits per heavy atom. The average molecular weight is 269 g/mol. The first kappa shape index (κ1) is 13.0. The van der Waals surface area contributed by atoms with Gasteiger partial charge in [0.25, 0.3) is 5.91 Å². The van der Waals surface area contributed by atoms with E-state index < -0.39 is 0 Å². The van der Waals surface area contributed by atoms with E-state index in [1.807, 2.05) is 36.4 Å². The molecule has 0 aliphatic rings. The van der Waals surface area contributed by atoms with E-state index in [0.717, 1.165) is 5.56 Å². The fraction of sp³-hybridized carbons (Fsp3) is 0.0714. The van der Waals surface area contributed by atoms with Crippen LogP contribution in [0, 0.1) is 11.3 Å². The van der Waals surface area contributed by atoms with Crippen molar-refractivity contribution in [3.05, 3.63) is 53.0 Å². The van der Waals surface area contributed by atoms with Crippen LogP contribution < -0.4 is 4.90 Å². The van der Waals surface area contributed by atoms with Crippen LogP contribution in [0.5, 0.6) is 0 Å². The maximum absolute atomic E-state index is 12.2. The predicted molar refractivity (Wildman–Crippen MR) is 75.6 cm³/mol. The molecule has 0 fully saturated rings. The molecule has 0 aliphatic heterocycles. The number of nitrogens with zero attached hydrogens (tertiary/aromatic N) is 3. The van der Waals surface area contributed by atoms with Crippen LogP contribution in [0.1, 0.15) is 5.56 Å². The molecule has 0 bridgehead atoms. The summed E-state index contributed by atoms with van der Waals surface area (Å²) in [6, 6.07) is 11.2. The molecule has 0 aliphatic carbocycles. The zero-order chi connectivity index (χ0) is 13.7. The van der Waals surface area contributed by atoms with Crippen LogP contribution in [0.15, 0.2) is 47.5 Å². The Morgan fingerprint density at radius 3 is 2.74 bits per heavy atom. The van der Waals surface area contributed by atoms with E-state index in [9.17, 15) is 4.79 Å². The smallest absolute Gasteiger partial charge is 0.270 e. The van der Waals surface area contributed by atoms with Crippen LogP contribution in [0.25, 0.3) is 6.08 Å². The molecule has 0 saturated heterocycles. The van der Waals surface area contributed by atoms with E-state index in [1.54, 1.807) is 24.7 Å². The van der Waals surface area contributed by atoms with E-state index >= 15 is 0 Å². The summed E-state index contributed by atoms with van der Waals surface area (Å²) in [7, 11) is 1.61. The Kier molecular flexibility index (Phi) is 4.06. The summed E-state index contributed by atoms with van der Waals surface area (Å²) < 4.78 is 0. The van der Waals surface area contributed by atoms with Gasteiger partial charge in [0.2, 0.25) is 0 Å². The second-order valence-electron chi connectivity index (χ2n) is 3.76. The molecule has 2 rings (SSSR count). The summed E-state index contributed by atoms with van der Waals surface area (Å²) in [6.45, 7) is 0. The van der Waals surface area contributed by atoms with Gasteiger partial charge in [0.15, 0.2) is 5.13 Å². The summed E-state index contributed by atoms with van der Waals surface area (Å²) in [4.78, 5) is 17.6. The summed E-state index contributed by atoms with van der Waals surface area (Å²) in [5, 5.41) is 11.5. The number of anilines is 1. The molecule has 0 radical (unpaired) electrons. The van der Waals surface area contributed by atoms with Crippen molar-refractivity contribution < 1.29 is 4.79 Å². The molecule has 0 unspecified atom stereocenters. The molecule has 0 spiro atoms. The molecular formula is C14H11N3OS. The molecule has 94 valence electrons. The van der Waals surface area contributed by atoms with Crippen molar-refractivity contribution in [1.29, 1.82) is 5.26 Å². The highest BCUT2D eigenvalue weighted by Gasteiger charge is 2.17. The van der Waals surface area contributed by atoms with Crippen LogP contribution in [0.4, 0.5) is 5.13 Å². The molecule has 1 aromatic carbocycles. The molecule has 5 heteroatoms. The van der Waals surface area contributed by atoms with Crippen molar-refractivity contribution >= 4 is 28.5 Å². The van der Waals surface area contributed by atoms with Crippen molar-refractivity contribution in [2.24, 2.45) is 0 Å². The first-order valence-corrected chi connectivity index (χ1v) is 6.44. The van der Waals surface area contributed by atoms with Crippen molar-refractivity contribution in [1.82, 2.24) is 4.98 Å². The normalized spacial score (nSPS) is 10.8. The van der Waals surface area contributed by atoms with Gasteiger partial charge in [-0.15, -0.1) is 11.3 Å². The van der Waals surface area contributed by atoms with Crippen LogP contribution in [0.3, 0.4) is 0 Å². The quantitative estimate of drug-likeness (QED) is 0.636. The van der Waals surface area contributed by atoms with E-state index in [4.69, 9.17) is 5.26 Å². The van der Waals surface area contributed by atoms with Gasteiger partial charge >= 0.3 is 0 Å². The molecule has 19 heavy (non-hydrogen) atoms. The molecule has 0 N–H and O–H groups in total. The minimum absolute atomic E-state index is 0.0869. The lowest BCUT2D eigenvalue weighted by Crippen LogP contribution is -2.27.